The van der Waals surface area contributed by atoms with E-state index < -0.39 is 5.41 Å². The maximum Gasteiger partial charge on any atom is 0.0713 e. The Balaban J connectivity index is 0.951. The highest BCUT2D eigenvalue weighted by molar-refractivity contribution is 6.16. The molecule has 0 spiro atoms. The third-order valence-corrected chi connectivity index (χ3v) is 14.4. The van der Waals surface area contributed by atoms with Crippen molar-refractivity contribution in [3.8, 4) is 33.4 Å². The molecule has 11 aromatic rings. The lowest BCUT2D eigenvalue weighted by Gasteiger charge is -2.35. The predicted octanol–water partition coefficient (Wildman–Crippen LogP) is 16.8. The van der Waals surface area contributed by atoms with Gasteiger partial charge in [0.2, 0.25) is 0 Å². The van der Waals surface area contributed by atoms with Crippen molar-refractivity contribution in [3.05, 3.63) is 294 Å². The summed E-state index contributed by atoms with van der Waals surface area (Å²) < 4.78 is 0. The van der Waals surface area contributed by atoms with Crippen molar-refractivity contribution in [3.63, 3.8) is 0 Å². The smallest absolute Gasteiger partial charge is 0.0713 e. The summed E-state index contributed by atoms with van der Waals surface area (Å²) in [6.45, 7) is 0. The monoisotopic (exact) mass is 839 g/mol. The van der Waals surface area contributed by atoms with Gasteiger partial charge in [-0.1, -0.05) is 218 Å². The van der Waals surface area contributed by atoms with Crippen molar-refractivity contribution < 1.29 is 0 Å². The molecule has 1 nitrogen and oxygen atoms in total. The average molecular weight is 840 g/mol. The predicted molar refractivity (Wildman–Crippen MR) is 276 cm³/mol. The van der Waals surface area contributed by atoms with Gasteiger partial charge in [-0.2, -0.15) is 0 Å². The van der Waals surface area contributed by atoms with Crippen molar-refractivity contribution in [2.45, 2.75) is 17.8 Å². The summed E-state index contributed by atoms with van der Waals surface area (Å²) in [4.78, 5) is 2.51. The van der Waals surface area contributed by atoms with Gasteiger partial charge >= 0.3 is 0 Å². The zero-order valence-electron chi connectivity index (χ0n) is 36.5. The van der Waals surface area contributed by atoms with Crippen LogP contribution in [0, 0.1) is 0 Å². The lowest BCUT2D eigenvalue weighted by molar-refractivity contribution is 0.759. The van der Waals surface area contributed by atoms with Crippen molar-refractivity contribution in [1.29, 1.82) is 0 Å². The third kappa shape index (κ3) is 6.01. The Bertz CT molecular complexity index is 3560. The average Bonchev–Trinajstić information content (AvgIpc) is 3.69. The van der Waals surface area contributed by atoms with Crippen LogP contribution in [0.3, 0.4) is 0 Å². The molecule has 1 aliphatic carbocycles. The highest BCUT2D eigenvalue weighted by Gasteiger charge is 2.46. The van der Waals surface area contributed by atoms with Gasteiger partial charge in [-0.05, 0) is 126 Å². The minimum Gasteiger partial charge on any atom is -0.309 e. The fourth-order valence-electron chi connectivity index (χ4n) is 11.5. The van der Waals surface area contributed by atoms with Crippen LogP contribution >= 0.6 is 0 Å². The molecular weight excluding hydrogens is 795 g/mol. The van der Waals surface area contributed by atoms with Crippen LogP contribution in [0.5, 0.6) is 0 Å². The molecule has 0 radical (unpaired) electrons. The highest BCUT2D eigenvalue weighted by atomic mass is 15.2. The van der Waals surface area contributed by atoms with Gasteiger partial charge < -0.3 is 4.90 Å². The van der Waals surface area contributed by atoms with E-state index in [4.69, 9.17) is 0 Å². The molecule has 11 aromatic carbocycles. The van der Waals surface area contributed by atoms with Gasteiger partial charge in [0.15, 0.2) is 0 Å². The van der Waals surface area contributed by atoms with E-state index in [1.54, 1.807) is 0 Å². The summed E-state index contributed by atoms with van der Waals surface area (Å²) in [6.07, 6.45) is 0.859. The first-order valence-corrected chi connectivity index (χ1v) is 23.2. The van der Waals surface area contributed by atoms with E-state index in [1.807, 2.05) is 0 Å². The van der Waals surface area contributed by atoms with Crippen LogP contribution in [0.1, 0.15) is 44.9 Å². The number of hydrogen-bond acceptors (Lipinski definition) is 1. The number of rotatable bonds is 8. The Hall–Kier alpha value is -8.26. The van der Waals surface area contributed by atoms with Crippen LogP contribution in [0.4, 0.5) is 17.1 Å². The number of benzene rings is 11. The van der Waals surface area contributed by atoms with Gasteiger partial charge in [0.1, 0.15) is 0 Å². The number of fused-ring (bicyclic) bond motifs is 6. The Morgan fingerprint density at radius 2 is 0.924 bits per heavy atom. The van der Waals surface area contributed by atoms with Crippen molar-refractivity contribution in [1.82, 2.24) is 0 Å². The van der Waals surface area contributed by atoms with Crippen molar-refractivity contribution >= 4 is 38.6 Å². The number of nitrogens with zero attached hydrogens (tertiary/aromatic N) is 1. The first kappa shape index (κ1) is 38.2. The molecule has 2 aliphatic rings. The van der Waals surface area contributed by atoms with E-state index in [9.17, 15) is 0 Å². The highest BCUT2D eigenvalue weighted by Crippen LogP contribution is 2.57. The van der Waals surface area contributed by atoms with Crippen LogP contribution in [0.25, 0.3) is 54.9 Å². The Morgan fingerprint density at radius 3 is 1.65 bits per heavy atom. The van der Waals surface area contributed by atoms with Crippen LogP contribution in [0.2, 0.25) is 0 Å². The van der Waals surface area contributed by atoms with E-state index in [2.05, 4.69) is 260 Å². The van der Waals surface area contributed by atoms with Crippen molar-refractivity contribution in [2.24, 2.45) is 0 Å². The molecule has 0 bridgehead atoms. The molecule has 0 aromatic heterocycles. The molecule has 66 heavy (non-hydrogen) atoms. The molecule has 0 amide bonds. The van der Waals surface area contributed by atoms with Crippen LogP contribution in [-0.2, 0) is 11.8 Å². The second-order valence-electron chi connectivity index (χ2n) is 18.0. The van der Waals surface area contributed by atoms with Gasteiger partial charge in [-0.3, -0.25) is 0 Å². The summed E-state index contributed by atoms with van der Waals surface area (Å²) in [5.41, 5.74) is 19.9. The molecule has 310 valence electrons. The Labute approximate surface area is 386 Å². The van der Waals surface area contributed by atoms with Crippen molar-refractivity contribution in [2.75, 3.05) is 4.90 Å². The second-order valence-corrected chi connectivity index (χ2v) is 18.0. The number of anilines is 3. The fraction of sp³-hybridized carbons (Fsp3) is 0.0462. The van der Waals surface area contributed by atoms with Gasteiger partial charge in [0, 0.05) is 22.6 Å². The minimum absolute atomic E-state index is 0.136. The zero-order valence-corrected chi connectivity index (χ0v) is 36.5. The first-order valence-electron chi connectivity index (χ1n) is 23.2. The molecular formula is C65H45N. The molecule has 0 N–H and O–H groups in total. The SMILES string of the molecule is c1ccc(-c2cc3c4c(cccc4c2)-c2cc4ccccc4cc2N3c2ccc(C(Cc3ccc4c(c3)C(c3ccccc3)(c3ccccc3)c3ccccc3-4)c3ccccc3)cc2)cc1. The maximum absolute atomic E-state index is 2.52. The largest absolute Gasteiger partial charge is 0.309 e. The molecule has 1 heteroatoms. The molecule has 1 heterocycles. The second kappa shape index (κ2) is 15.5. The fourth-order valence-corrected chi connectivity index (χ4v) is 11.5. The lowest BCUT2D eigenvalue weighted by Crippen LogP contribution is -2.28. The minimum atomic E-state index is -0.438. The summed E-state index contributed by atoms with van der Waals surface area (Å²) in [7, 11) is 0. The van der Waals surface area contributed by atoms with E-state index in [1.165, 1.54) is 105 Å². The molecule has 0 fully saturated rings. The van der Waals surface area contributed by atoms with E-state index in [0.29, 0.717) is 0 Å². The van der Waals surface area contributed by atoms with Gasteiger partial charge in [-0.25, -0.2) is 0 Å². The zero-order chi connectivity index (χ0) is 43.6. The summed E-state index contributed by atoms with van der Waals surface area (Å²) in [5, 5.41) is 5.01. The maximum atomic E-state index is 2.52. The molecule has 1 unspecified atom stereocenters. The van der Waals surface area contributed by atoms with E-state index in [-0.39, 0.29) is 5.92 Å². The molecule has 13 rings (SSSR count). The summed E-state index contributed by atoms with van der Waals surface area (Å²) in [6, 6.07) is 95.0. The normalized spacial score (nSPS) is 13.5. The van der Waals surface area contributed by atoms with Crippen LogP contribution in [0.15, 0.2) is 255 Å². The topological polar surface area (TPSA) is 3.24 Å². The Kier molecular flexibility index (Phi) is 8.96. The van der Waals surface area contributed by atoms with Gasteiger partial charge in [-0.15, -0.1) is 0 Å². The number of hydrogen-bond donors (Lipinski definition) is 0. The molecule has 0 saturated heterocycles. The third-order valence-electron chi connectivity index (χ3n) is 14.4. The Morgan fingerprint density at radius 1 is 0.348 bits per heavy atom. The lowest BCUT2D eigenvalue weighted by atomic mass is 9.67. The van der Waals surface area contributed by atoms with Gasteiger partial charge in [0.05, 0.1) is 16.8 Å². The molecule has 1 atom stereocenters. The van der Waals surface area contributed by atoms with E-state index >= 15 is 0 Å². The quantitative estimate of drug-likeness (QED) is 0.147. The van der Waals surface area contributed by atoms with Crippen LogP contribution < -0.4 is 4.90 Å². The molecule has 1 aliphatic heterocycles. The summed E-state index contributed by atoms with van der Waals surface area (Å²) >= 11 is 0. The summed E-state index contributed by atoms with van der Waals surface area (Å²) in [5.74, 6) is 0.136. The van der Waals surface area contributed by atoms with Crippen LogP contribution in [-0.4, -0.2) is 0 Å². The van der Waals surface area contributed by atoms with E-state index in [0.717, 1.165) is 12.1 Å². The first-order chi connectivity index (χ1) is 32.7. The van der Waals surface area contributed by atoms with Gasteiger partial charge in [0.25, 0.3) is 0 Å². The molecule has 0 saturated carbocycles. The standard InChI is InChI=1S/C65H45N/c1-5-18-45(19-6-1)51-40-50-24-17-30-57-59-41-48-22-13-14-23-49(48)42-62(59)66(63(43-51)64(50)57)54-35-33-47(34-36-54)58(46-20-7-2-8-21-46)38-44-32-37-56-55-29-15-16-31-60(55)65(61(56)39-44,52-25-9-3-10-26-52)53-27-11-4-12-28-53/h1-37,39-43,58H,38H2.